The lowest BCUT2D eigenvalue weighted by Gasteiger charge is -2.16. The zero-order valence-corrected chi connectivity index (χ0v) is 17.9. The van der Waals surface area contributed by atoms with Crippen LogP contribution in [0.3, 0.4) is 0 Å². The molecule has 2 amide bonds. The Bertz CT molecular complexity index is 856. The van der Waals surface area contributed by atoms with Gasteiger partial charge in [0.25, 0.3) is 5.91 Å². The quantitative estimate of drug-likeness (QED) is 0.506. The lowest BCUT2D eigenvalue weighted by molar-refractivity contribution is -0.124. The predicted octanol–water partition coefficient (Wildman–Crippen LogP) is 3.39. The van der Waals surface area contributed by atoms with Gasteiger partial charge in [-0.1, -0.05) is 39.0 Å². The molecule has 0 bridgehead atoms. The fraction of sp³-hybridized carbons (Fsp3) is 0.381. The predicted molar refractivity (Wildman–Crippen MR) is 112 cm³/mol. The molecule has 0 aliphatic rings. The smallest absolute Gasteiger partial charge is 0.349 e. The molecule has 0 spiro atoms. The lowest BCUT2D eigenvalue weighted by Crippen LogP contribution is -2.32. The molecule has 0 radical (unpaired) electrons. The maximum Gasteiger partial charge on any atom is 0.349 e. The number of carbonyl (C=O) groups excluding carboxylic acids is 3. The molecule has 2 aromatic rings. The van der Waals surface area contributed by atoms with Crippen molar-refractivity contribution in [2.45, 2.75) is 27.7 Å². The number of hydrogen-bond acceptors (Lipinski definition) is 6. The molecule has 7 nitrogen and oxygen atoms in total. The number of ether oxygens (including phenoxy) is 2. The van der Waals surface area contributed by atoms with Gasteiger partial charge in [-0.2, -0.15) is 0 Å². The number of aryl methyl sites for hydroxylation is 1. The Morgan fingerprint density at radius 2 is 1.79 bits per heavy atom. The maximum atomic E-state index is 12.3. The summed E-state index contributed by atoms with van der Waals surface area (Å²) in [5, 5.41) is 5.98. The first-order valence-corrected chi connectivity index (χ1v) is 10.0. The Morgan fingerprint density at radius 3 is 2.45 bits per heavy atom. The third kappa shape index (κ3) is 7.23. The van der Waals surface area contributed by atoms with Gasteiger partial charge in [-0.25, -0.2) is 4.79 Å². The van der Waals surface area contributed by atoms with Crippen LogP contribution in [-0.2, 0) is 14.3 Å². The van der Waals surface area contributed by atoms with Crippen molar-refractivity contribution < 1.29 is 23.9 Å². The first-order chi connectivity index (χ1) is 13.7. The zero-order valence-electron chi connectivity index (χ0n) is 17.0. The van der Waals surface area contributed by atoms with Crippen LogP contribution in [-0.4, -0.2) is 37.5 Å². The molecule has 1 heterocycles. The first-order valence-electron chi connectivity index (χ1n) is 9.20. The third-order valence-electron chi connectivity index (χ3n) is 3.79. The van der Waals surface area contributed by atoms with Crippen LogP contribution in [0.4, 0.5) is 5.00 Å². The van der Waals surface area contributed by atoms with Gasteiger partial charge in [0, 0.05) is 5.41 Å². The van der Waals surface area contributed by atoms with E-state index in [1.165, 1.54) is 0 Å². The molecular formula is C21H26N2O5S. The van der Waals surface area contributed by atoms with Crippen molar-refractivity contribution in [1.82, 2.24) is 5.32 Å². The Labute approximate surface area is 174 Å². The van der Waals surface area contributed by atoms with Gasteiger partial charge in [-0.3, -0.25) is 9.59 Å². The van der Waals surface area contributed by atoms with Crippen LogP contribution in [0.1, 0.15) is 36.0 Å². The van der Waals surface area contributed by atoms with Crippen LogP contribution in [0.5, 0.6) is 5.75 Å². The standard InChI is InChI=1S/C21H26N2O5S/c1-14-12-17(23-20(26)21(2,3)4)29-18(14)19(25)28-13-16(24)22-10-11-27-15-8-6-5-7-9-15/h5-9,12H,10-11,13H2,1-4H3,(H,22,24)(H,23,26). The van der Waals surface area contributed by atoms with Crippen LogP contribution in [0, 0.1) is 12.3 Å². The highest BCUT2D eigenvalue weighted by atomic mass is 32.1. The van der Waals surface area contributed by atoms with Crippen molar-refractivity contribution in [2.75, 3.05) is 25.1 Å². The molecule has 8 heteroatoms. The second-order valence-electron chi connectivity index (χ2n) is 7.41. The topological polar surface area (TPSA) is 93.7 Å². The summed E-state index contributed by atoms with van der Waals surface area (Å²) in [5.74, 6) is -0.434. The molecule has 2 rings (SSSR count). The number of benzene rings is 1. The molecule has 0 atom stereocenters. The molecule has 1 aromatic heterocycles. The minimum Gasteiger partial charge on any atom is -0.492 e. The molecule has 29 heavy (non-hydrogen) atoms. The molecule has 0 aliphatic carbocycles. The molecule has 0 fully saturated rings. The summed E-state index contributed by atoms with van der Waals surface area (Å²) in [4.78, 5) is 36.5. The number of esters is 1. The molecule has 156 valence electrons. The van der Waals surface area contributed by atoms with E-state index < -0.39 is 17.3 Å². The Morgan fingerprint density at radius 1 is 1.10 bits per heavy atom. The summed E-state index contributed by atoms with van der Waals surface area (Å²) >= 11 is 1.12. The van der Waals surface area contributed by atoms with Crippen molar-refractivity contribution in [3.8, 4) is 5.75 Å². The van der Waals surface area contributed by atoms with Crippen molar-refractivity contribution in [2.24, 2.45) is 5.41 Å². The summed E-state index contributed by atoms with van der Waals surface area (Å²) in [7, 11) is 0. The Kier molecular flexibility index (Phi) is 7.78. The van der Waals surface area contributed by atoms with E-state index >= 15 is 0 Å². The fourth-order valence-corrected chi connectivity index (χ4v) is 3.13. The van der Waals surface area contributed by atoms with E-state index in [0.717, 1.165) is 17.1 Å². The summed E-state index contributed by atoms with van der Waals surface area (Å²) in [5.41, 5.74) is 0.141. The minimum atomic E-state index is -0.598. The number of anilines is 1. The Balaban J connectivity index is 1.75. The Hall–Kier alpha value is -2.87. The summed E-state index contributed by atoms with van der Waals surface area (Å²) < 4.78 is 10.5. The minimum absolute atomic E-state index is 0.143. The highest BCUT2D eigenvalue weighted by Gasteiger charge is 2.23. The number of para-hydroxylation sites is 1. The van der Waals surface area contributed by atoms with Crippen molar-refractivity contribution in [3.63, 3.8) is 0 Å². The van der Waals surface area contributed by atoms with E-state index in [9.17, 15) is 14.4 Å². The number of nitrogens with one attached hydrogen (secondary N) is 2. The summed E-state index contributed by atoms with van der Waals surface area (Å²) in [6.07, 6.45) is 0. The van der Waals surface area contributed by atoms with Crippen LogP contribution in [0.2, 0.25) is 0 Å². The van der Waals surface area contributed by atoms with Gasteiger partial charge >= 0.3 is 5.97 Å². The molecule has 1 aromatic carbocycles. The summed E-state index contributed by atoms with van der Waals surface area (Å²) in [6, 6.07) is 11.0. The molecule has 0 saturated heterocycles. The number of hydrogen-bond donors (Lipinski definition) is 2. The molecular weight excluding hydrogens is 392 g/mol. The normalized spacial score (nSPS) is 10.9. The van der Waals surface area contributed by atoms with Crippen molar-refractivity contribution >= 4 is 34.1 Å². The van der Waals surface area contributed by atoms with Crippen molar-refractivity contribution in [1.29, 1.82) is 0 Å². The monoisotopic (exact) mass is 418 g/mol. The summed E-state index contributed by atoms with van der Waals surface area (Å²) in [6.45, 7) is 7.40. The van der Waals surface area contributed by atoms with Crippen LogP contribution < -0.4 is 15.4 Å². The number of thiophene rings is 1. The van der Waals surface area contributed by atoms with Gasteiger partial charge in [-0.05, 0) is 30.7 Å². The van der Waals surface area contributed by atoms with Crippen LogP contribution in [0.15, 0.2) is 36.4 Å². The highest BCUT2D eigenvalue weighted by Crippen LogP contribution is 2.29. The van der Waals surface area contributed by atoms with Crippen molar-refractivity contribution in [3.05, 3.63) is 46.8 Å². The third-order valence-corrected chi connectivity index (χ3v) is 4.92. The van der Waals surface area contributed by atoms with E-state index in [1.807, 2.05) is 51.1 Å². The highest BCUT2D eigenvalue weighted by molar-refractivity contribution is 7.18. The first kappa shape index (κ1) is 22.4. The van der Waals surface area contributed by atoms with Crippen LogP contribution in [0.25, 0.3) is 0 Å². The van der Waals surface area contributed by atoms with E-state index in [1.54, 1.807) is 13.0 Å². The zero-order chi connectivity index (χ0) is 21.4. The molecule has 2 N–H and O–H groups in total. The molecule has 0 aliphatic heterocycles. The second kappa shape index (κ2) is 10.1. The maximum absolute atomic E-state index is 12.3. The van der Waals surface area contributed by atoms with Gasteiger partial charge in [0.2, 0.25) is 5.91 Å². The van der Waals surface area contributed by atoms with Gasteiger partial charge in [0.15, 0.2) is 6.61 Å². The number of amides is 2. The lowest BCUT2D eigenvalue weighted by atomic mass is 9.96. The van der Waals surface area contributed by atoms with Gasteiger partial charge in [0.1, 0.15) is 17.2 Å². The second-order valence-corrected chi connectivity index (χ2v) is 8.47. The fourth-order valence-electron chi connectivity index (χ4n) is 2.17. The van der Waals surface area contributed by atoms with Gasteiger partial charge in [0.05, 0.1) is 11.5 Å². The van der Waals surface area contributed by atoms with Gasteiger partial charge in [-0.15, -0.1) is 11.3 Å². The molecule has 0 saturated carbocycles. The molecule has 0 unspecified atom stereocenters. The van der Waals surface area contributed by atoms with E-state index in [2.05, 4.69) is 10.6 Å². The average molecular weight is 419 g/mol. The largest absolute Gasteiger partial charge is 0.492 e. The van der Waals surface area contributed by atoms with Gasteiger partial charge < -0.3 is 20.1 Å². The number of carbonyl (C=O) groups is 3. The van der Waals surface area contributed by atoms with Crippen LogP contribution >= 0.6 is 11.3 Å². The van der Waals surface area contributed by atoms with E-state index in [4.69, 9.17) is 9.47 Å². The van der Waals surface area contributed by atoms with E-state index in [0.29, 0.717) is 28.6 Å². The number of rotatable bonds is 8. The van der Waals surface area contributed by atoms with E-state index in [-0.39, 0.29) is 12.5 Å². The average Bonchev–Trinajstić information content (AvgIpc) is 3.03. The SMILES string of the molecule is Cc1cc(NC(=O)C(C)(C)C)sc1C(=O)OCC(=O)NCCOc1ccccc1.